The van der Waals surface area contributed by atoms with Gasteiger partial charge in [0.2, 0.25) is 0 Å². The summed E-state index contributed by atoms with van der Waals surface area (Å²) in [5.74, 6) is 0.863. The smallest absolute Gasteiger partial charge is 0.152 e. The highest BCUT2D eigenvalue weighted by molar-refractivity contribution is 9.11. The zero-order valence-corrected chi connectivity index (χ0v) is 13.1. The highest BCUT2D eigenvalue weighted by atomic mass is 79.9. The van der Waals surface area contributed by atoms with Crippen LogP contribution in [-0.2, 0) is 9.84 Å². The molecule has 1 aliphatic heterocycles. The summed E-state index contributed by atoms with van der Waals surface area (Å²) >= 11 is 4.99. The monoisotopic (exact) mass is 361 g/mol. The molecule has 1 saturated heterocycles. The van der Waals surface area contributed by atoms with Crippen LogP contribution in [0.25, 0.3) is 11.3 Å². The molecule has 0 amide bonds. The van der Waals surface area contributed by atoms with Gasteiger partial charge in [-0.1, -0.05) is 0 Å². The number of nitrogens with two attached hydrogens (primary N) is 1. The van der Waals surface area contributed by atoms with Crippen LogP contribution in [-0.4, -0.2) is 29.7 Å². The third-order valence-electron chi connectivity index (χ3n) is 3.18. The van der Waals surface area contributed by atoms with Crippen LogP contribution in [0.1, 0.15) is 12.5 Å². The van der Waals surface area contributed by atoms with Gasteiger partial charge in [-0.25, -0.2) is 13.1 Å². The molecule has 0 radical (unpaired) electrons. The minimum absolute atomic E-state index is 0.131. The van der Waals surface area contributed by atoms with E-state index >= 15 is 0 Å². The van der Waals surface area contributed by atoms with Crippen molar-refractivity contribution in [2.24, 2.45) is 0 Å². The molecule has 1 unspecified atom stereocenters. The average molecular weight is 362 g/mol. The number of aromatic nitrogens is 2. The molecule has 3 heterocycles. The highest BCUT2D eigenvalue weighted by Gasteiger charge is 2.31. The molecule has 2 N–H and O–H groups in total. The molecule has 0 aliphatic carbocycles. The number of hydrogen-bond acceptors (Lipinski definition) is 5. The van der Waals surface area contributed by atoms with E-state index in [-0.39, 0.29) is 17.5 Å². The first kappa shape index (κ1) is 13.1. The Labute approximate surface area is 123 Å². The van der Waals surface area contributed by atoms with Gasteiger partial charge in [0.15, 0.2) is 9.84 Å². The third-order valence-corrected chi connectivity index (χ3v) is 6.44. The summed E-state index contributed by atoms with van der Waals surface area (Å²) in [5.41, 5.74) is 7.72. The van der Waals surface area contributed by atoms with Crippen molar-refractivity contribution in [1.82, 2.24) is 9.78 Å². The van der Waals surface area contributed by atoms with Gasteiger partial charge in [0.25, 0.3) is 0 Å². The van der Waals surface area contributed by atoms with Crippen LogP contribution in [0.4, 0.5) is 5.82 Å². The summed E-state index contributed by atoms with van der Waals surface area (Å²) in [5, 5.41) is 6.44. The van der Waals surface area contributed by atoms with E-state index in [0.29, 0.717) is 12.2 Å². The summed E-state index contributed by atoms with van der Waals surface area (Å²) in [4.78, 5) is 0. The second kappa shape index (κ2) is 4.60. The van der Waals surface area contributed by atoms with Crippen molar-refractivity contribution >= 4 is 42.9 Å². The van der Waals surface area contributed by atoms with Crippen LogP contribution in [0, 0.1) is 0 Å². The second-order valence-electron chi connectivity index (χ2n) is 4.60. The largest absolute Gasteiger partial charge is 0.384 e. The molecule has 0 bridgehead atoms. The lowest BCUT2D eigenvalue weighted by Crippen LogP contribution is -2.14. The fourth-order valence-electron chi connectivity index (χ4n) is 2.26. The van der Waals surface area contributed by atoms with Gasteiger partial charge in [-0.15, -0.1) is 11.3 Å². The van der Waals surface area contributed by atoms with Crippen molar-refractivity contribution in [2.75, 3.05) is 17.2 Å². The molecule has 0 aromatic carbocycles. The maximum absolute atomic E-state index is 11.5. The Balaban J connectivity index is 1.94. The predicted octanol–water partition coefficient (Wildman–Crippen LogP) is 2.32. The summed E-state index contributed by atoms with van der Waals surface area (Å²) in [6.45, 7) is 0. The van der Waals surface area contributed by atoms with Gasteiger partial charge in [-0.05, 0) is 28.4 Å². The molecule has 3 rings (SSSR count). The van der Waals surface area contributed by atoms with E-state index in [0.717, 1.165) is 15.0 Å². The van der Waals surface area contributed by atoms with Gasteiger partial charge in [-0.3, -0.25) is 0 Å². The van der Waals surface area contributed by atoms with Gasteiger partial charge >= 0.3 is 0 Å². The van der Waals surface area contributed by atoms with Gasteiger partial charge in [0.1, 0.15) is 5.82 Å². The van der Waals surface area contributed by atoms with Crippen LogP contribution >= 0.6 is 27.3 Å². The van der Waals surface area contributed by atoms with Crippen molar-refractivity contribution in [3.05, 3.63) is 21.3 Å². The summed E-state index contributed by atoms with van der Waals surface area (Å²) in [6.07, 6.45) is 0.584. The Kier molecular flexibility index (Phi) is 3.18. The Hall–Kier alpha value is -0.860. The maximum atomic E-state index is 11.5. The van der Waals surface area contributed by atoms with Gasteiger partial charge in [-0.2, -0.15) is 5.10 Å². The zero-order valence-electron chi connectivity index (χ0n) is 9.91. The first-order valence-corrected chi connectivity index (χ1v) is 9.24. The van der Waals surface area contributed by atoms with Crippen molar-refractivity contribution in [1.29, 1.82) is 0 Å². The fraction of sp³-hybridized carbons (Fsp3) is 0.364. The molecule has 0 spiro atoms. The molecule has 1 atom stereocenters. The number of nitrogens with zero attached hydrogens (tertiary/aromatic N) is 2. The Morgan fingerprint density at radius 3 is 2.84 bits per heavy atom. The van der Waals surface area contributed by atoms with E-state index in [1.807, 2.05) is 11.4 Å². The number of hydrogen-bond donors (Lipinski definition) is 1. The molecule has 1 fully saturated rings. The maximum Gasteiger partial charge on any atom is 0.152 e. The normalized spacial score (nSPS) is 21.8. The van der Waals surface area contributed by atoms with Crippen molar-refractivity contribution in [3.8, 4) is 11.3 Å². The minimum Gasteiger partial charge on any atom is -0.384 e. The first-order valence-electron chi connectivity index (χ1n) is 5.74. The quantitative estimate of drug-likeness (QED) is 0.889. The third kappa shape index (κ3) is 2.56. The molecule has 19 heavy (non-hydrogen) atoms. The van der Waals surface area contributed by atoms with Crippen LogP contribution in [0.5, 0.6) is 0 Å². The van der Waals surface area contributed by atoms with E-state index in [1.54, 1.807) is 22.1 Å². The lowest BCUT2D eigenvalue weighted by atomic mass is 10.2. The standard InChI is InChI=1S/C11H12BrN3O2S2/c12-10-3-7(5-18-10)9-4-11(13)15(14-9)8-1-2-19(16,17)6-8/h3-5,8H,1-2,6,13H2. The lowest BCUT2D eigenvalue weighted by Gasteiger charge is -2.09. The number of sulfone groups is 1. The number of nitrogen functional groups attached to an aromatic ring is 1. The highest BCUT2D eigenvalue weighted by Crippen LogP contribution is 2.32. The van der Waals surface area contributed by atoms with Crippen LogP contribution in [0.15, 0.2) is 21.3 Å². The van der Waals surface area contributed by atoms with Crippen LogP contribution in [0.2, 0.25) is 0 Å². The molecule has 5 nitrogen and oxygen atoms in total. The van der Waals surface area contributed by atoms with Crippen molar-refractivity contribution in [3.63, 3.8) is 0 Å². The molecule has 1 aliphatic rings. The zero-order chi connectivity index (χ0) is 13.6. The molecule has 2 aromatic heterocycles. The van der Waals surface area contributed by atoms with Gasteiger partial charge < -0.3 is 5.73 Å². The Morgan fingerprint density at radius 1 is 1.47 bits per heavy atom. The summed E-state index contributed by atoms with van der Waals surface area (Å²) < 4.78 is 25.7. The minimum atomic E-state index is -2.93. The van der Waals surface area contributed by atoms with Gasteiger partial charge in [0.05, 0.1) is 27.0 Å². The number of rotatable bonds is 2. The van der Waals surface area contributed by atoms with E-state index in [2.05, 4.69) is 21.0 Å². The van der Waals surface area contributed by atoms with Gasteiger partial charge in [0, 0.05) is 17.0 Å². The topological polar surface area (TPSA) is 78.0 Å². The predicted molar refractivity (Wildman–Crippen MR) is 80.0 cm³/mol. The van der Waals surface area contributed by atoms with E-state index < -0.39 is 9.84 Å². The Morgan fingerprint density at radius 2 is 2.26 bits per heavy atom. The lowest BCUT2D eigenvalue weighted by molar-refractivity contribution is 0.508. The molecule has 0 saturated carbocycles. The van der Waals surface area contributed by atoms with Crippen LogP contribution < -0.4 is 5.73 Å². The summed E-state index contributed by atoms with van der Waals surface area (Å²) in [7, 11) is -2.93. The molecule has 8 heteroatoms. The average Bonchev–Trinajstić information content (AvgIpc) is 2.98. The number of anilines is 1. The molecule has 2 aromatic rings. The molecular weight excluding hydrogens is 350 g/mol. The first-order chi connectivity index (χ1) is 8.94. The molecule has 102 valence electrons. The second-order valence-corrected chi connectivity index (χ2v) is 9.11. The SMILES string of the molecule is Nc1cc(-c2csc(Br)c2)nn1C1CCS(=O)(=O)C1. The number of halogens is 1. The Bertz CT molecular complexity index is 720. The number of thiophene rings is 1. The van der Waals surface area contributed by atoms with Crippen LogP contribution in [0.3, 0.4) is 0 Å². The molecular formula is C11H12BrN3O2S2. The van der Waals surface area contributed by atoms with E-state index in [1.165, 1.54) is 0 Å². The fourth-order valence-corrected chi connectivity index (χ4v) is 5.10. The summed E-state index contributed by atoms with van der Waals surface area (Å²) in [6, 6.07) is 3.63. The van der Waals surface area contributed by atoms with E-state index in [9.17, 15) is 8.42 Å². The van der Waals surface area contributed by atoms with Crippen molar-refractivity contribution in [2.45, 2.75) is 12.5 Å². The van der Waals surface area contributed by atoms with Crippen molar-refractivity contribution < 1.29 is 8.42 Å². The van der Waals surface area contributed by atoms with E-state index in [4.69, 9.17) is 5.73 Å².